The van der Waals surface area contributed by atoms with E-state index in [2.05, 4.69) is 26.8 Å². The van der Waals surface area contributed by atoms with Gasteiger partial charge in [-0.1, -0.05) is 12.1 Å². The molecule has 0 spiro atoms. The standard InChI is InChI=1S/C15H14N4O4S/c1-3-8-19-14(22)11(9-12(20)23-2)24-15(19)18-17-13(21)10-6-4-5-7-16-10/h3-7,9H,1,8H2,2H3,(H,17,21)/b11-9-,18-15-. The van der Waals surface area contributed by atoms with Crippen molar-refractivity contribution in [3.8, 4) is 0 Å². The zero-order chi connectivity index (χ0) is 17.5. The van der Waals surface area contributed by atoms with Crippen molar-refractivity contribution in [2.24, 2.45) is 5.10 Å². The van der Waals surface area contributed by atoms with Crippen LogP contribution in [0.15, 0.2) is 53.1 Å². The van der Waals surface area contributed by atoms with Crippen molar-refractivity contribution in [3.63, 3.8) is 0 Å². The van der Waals surface area contributed by atoms with Gasteiger partial charge in [0.05, 0.1) is 12.0 Å². The van der Waals surface area contributed by atoms with Crippen molar-refractivity contribution < 1.29 is 19.1 Å². The van der Waals surface area contributed by atoms with Gasteiger partial charge in [-0.3, -0.25) is 19.5 Å². The van der Waals surface area contributed by atoms with Crippen LogP contribution in [0.5, 0.6) is 0 Å². The molecule has 9 heteroatoms. The number of nitrogens with zero attached hydrogens (tertiary/aromatic N) is 3. The van der Waals surface area contributed by atoms with Crippen LogP contribution in [0.4, 0.5) is 0 Å². The number of methoxy groups -OCH3 is 1. The highest BCUT2D eigenvalue weighted by molar-refractivity contribution is 8.18. The fourth-order valence-electron chi connectivity index (χ4n) is 1.70. The Hall–Kier alpha value is -2.94. The predicted octanol–water partition coefficient (Wildman–Crippen LogP) is 0.901. The van der Waals surface area contributed by atoms with Gasteiger partial charge in [-0.15, -0.1) is 11.7 Å². The third-order valence-electron chi connectivity index (χ3n) is 2.80. The van der Waals surface area contributed by atoms with Crippen LogP contribution >= 0.6 is 11.8 Å². The first kappa shape index (κ1) is 17.4. The minimum Gasteiger partial charge on any atom is -0.466 e. The van der Waals surface area contributed by atoms with E-state index < -0.39 is 17.8 Å². The third-order valence-corrected chi connectivity index (χ3v) is 3.81. The Kier molecular flexibility index (Phi) is 5.85. The van der Waals surface area contributed by atoms with Crippen molar-refractivity contribution in [1.29, 1.82) is 0 Å². The number of nitrogens with one attached hydrogen (secondary N) is 1. The second-order valence-corrected chi connectivity index (χ2v) is 5.40. The average molecular weight is 346 g/mol. The molecule has 1 N–H and O–H groups in total. The molecule has 8 nitrogen and oxygen atoms in total. The molecule has 1 saturated heterocycles. The van der Waals surface area contributed by atoms with E-state index in [4.69, 9.17) is 0 Å². The maximum Gasteiger partial charge on any atom is 0.331 e. The molecule has 0 unspecified atom stereocenters. The van der Waals surface area contributed by atoms with Crippen LogP contribution in [0.2, 0.25) is 0 Å². The molecule has 2 amide bonds. The molecule has 0 radical (unpaired) electrons. The average Bonchev–Trinajstić information content (AvgIpc) is 2.89. The monoisotopic (exact) mass is 346 g/mol. The van der Waals surface area contributed by atoms with Crippen molar-refractivity contribution >= 4 is 34.7 Å². The molecule has 0 aromatic carbocycles. The Morgan fingerprint density at radius 2 is 2.29 bits per heavy atom. The largest absolute Gasteiger partial charge is 0.466 e. The molecule has 0 bridgehead atoms. The van der Waals surface area contributed by atoms with Gasteiger partial charge >= 0.3 is 5.97 Å². The summed E-state index contributed by atoms with van der Waals surface area (Å²) >= 11 is 0.951. The number of pyridine rings is 1. The fourth-order valence-corrected chi connectivity index (χ4v) is 2.61. The van der Waals surface area contributed by atoms with Gasteiger partial charge in [-0.2, -0.15) is 0 Å². The van der Waals surface area contributed by atoms with Gasteiger partial charge in [0, 0.05) is 18.8 Å². The van der Waals surface area contributed by atoms with Crippen LogP contribution in [0.25, 0.3) is 0 Å². The second-order valence-electron chi connectivity index (χ2n) is 4.39. The van der Waals surface area contributed by atoms with E-state index in [1.807, 2.05) is 0 Å². The van der Waals surface area contributed by atoms with Gasteiger partial charge in [-0.05, 0) is 23.9 Å². The maximum atomic E-state index is 12.2. The fraction of sp³-hybridized carbons (Fsp3) is 0.133. The van der Waals surface area contributed by atoms with Gasteiger partial charge in [0.2, 0.25) is 0 Å². The Labute approximate surface area is 142 Å². The first-order chi connectivity index (χ1) is 11.6. The summed E-state index contributed by atoms with van der Waals surface area (Å²) in [6, 6.07) is 4.89. The van der Waals surface area contributed by atoms with E-state index >= 15 is 0 Å². The quantitative estimate of drug-likeness (QED) is 0.368. The van der Waals surface area contributed by atoms with Crippen molar-refractivity contribution in [2.45, 2.75) is 0 Å². The molecule has 1 aliphatic heterocycles. The maximum absolute atomic E-state index is 12.2. The Bertz CT molecular complexity index is 730. The lowest BCUT2D eigenvalue weighted by Gasteiger charge is -2.12. The highest BCUT2D eigenvalue weighted by atomic mass is 32.2. The summed E-state index contributed by atoms with van der Waals surface area (Å²) in [4.78, 5) is 40.8. The van der Waals surface area contributed by atoms with Crippen molar-refractivity contribution in [2.75, 3.05) is 13.7 Å². The summed E-state index contributed by atoms with van der Waals surface area (Å²) in [5.41, 5.74) is 2.52. The molecule has 124 valence electrons. The lowest BCUT2D eigenvalue weighted by atomic mass is 10.3. The number of rotatable bonds is 5. The number of hydrogen-bond acceptors (Lipinski definition) is 7. The summed E-state index contributed by atoms with van der Waals surface area (Å²) in [5, 5.41) is 4.16. The van der Waals surface area contributed by atoms with Crippen LogP contribution in [-0.2, 0) is 14.3 Å². The van der Waals surface area contributed by atoms with E-state index in [1.165, 1.54) is 30.3 Å². The highest BCUT2D eigenvalue weighted by Crippen LogP contribution is 2.30. The topological polar surface area (TPSA) is 101 Å². The normalized spacial score (nSPS) is 17.2. The van der Waals surface area contributed by atoms with E-state index in [-0.39, 0.29) is 22.3 Å². The number of esters is 1. The Morgan fingerprint density at radius 3 is 2.92 bits per heavy atom. The van der Waals surface area contributed by atoms with Gasteiger partial charge in [0.1, 0.15) is 5.69 Å². The first-order valence-corrected chi connectivity index (χ1v) is 7.57. The van der Waals surface area contributed by atoms with E-state index in [1.54, 1.807) is 12.1 Å². The molecule has 1 aliphatic rings. The number of thioether (sulfide) groups is 1. The molecular weight excluding hydrogens is 332 g/mol. The minimum absolute atomic E-state index is 0.148. The molecule has 2 rings (SSSR count). The summed E-state index contributed by atoms with van der Waals surface area (Å²) in [6.45, 7) is 3.75. The first-order valence-electron chi connectivity index (χ1n) is 6.76. The molecule has 24 heavy (non-hydrogen) atoms. The van der Waals surface area contributed by atoms with Crippen LogP contribution < -0.4 is 5.43 Å². The summed E-state index contributed by atoms with van der Waals surface area (Å²) in [7, 11) is 1.22. The predicted molar refractivity (Wildman–Crippen MR) is 88.7 cm³/mol. The van der Waals surface area contributed by atoms with Gasteiger partial charge < -0.3 is 4.74 Å². The number of aromatic nitrogens is 1. The molecule has 0 saturated carbocycles. The summed E-state index contributed by atoms with van der Waals surface area (Å²) < 4.78 is 4.51. The molecule has 1 aromatic heterocycles. The van der Waals surface area contributed by atoms with E-state index in [9.17, 15) is 14.4 Å². The smallest absolute Gasteiger partial charge is 0.331 e. The zero-order valence-corrected chi connectivity index (χ0v) is 13.6. The van der Waals surface area contributed by atoms with Crippen molar-refractivity contribution in [3.05, 3.63) is 53.7 Å². The lowest BCUT2D eigenvalue weighted by molar-refractivity contribution is -0.135. The van der Waals surface area contributed by atoms with Crippen LogP contribution in [-0.4, -0.2) is 46.5 Å². The molecule has 0 aliphatic carbocycles. The molecule has 0 atom stereocenters. The van der Waals surface area contributed by atoms with Crippen LogP contribution in [0.3, 0.4) is 0 Å². The van der Waals surface area contributed by atoms with E-state index in [0.717, 1.165) is 17.8 Å². The minimum atomic E-state index is -0.650. The third kappa shape index (κ3) is 4.07. The van der Waals surface area contributed by atoms with Crippen LogP contribution in [0, 0.1) is 0 Å². The number of hydrazone groups is 1. The number of amides is 2. The number of hydrogen-bond donors (Lipinski definition) is 1. The lowest BCUT2D eigenvalue weighted by Crippen LogP contribution is -2.31. The number of ether oxygens (including phenoxy) is 1. The Morgan fingerprint density at radius 1 is 1.50 bits per heavy atom. The molecule has 2 heterocycles. The SMILES string of the molecule is C=CCN1C(=O)/C(=C/C(=O)OC)S/C1=N\NC(=O)c1ccccn1. The number of amidine groups is 1. The highest BCUT2D eigenvalue weighted by Gasteiger charge is 2.33. The van der Waals surface area contributed by atoms with Crippen LogP contribution in [0.1, 0.15) is 10.5 Å². The summed E-state index contributed by atoms with van der Waals surface area (Å²) in [6.07, 6.45) is 4.07. The number of carbonyl (C=O) groups is 3. The molecule has 1 aromatic rings. The zero-order valence-electron chi connectivity index (χ0n) is 12.8. The Balaban J connectivity index is 2.18. The van der Waals surface area contributed by atoms with Gasteiger partial charge in [0.25, 0.3) is 11.8 Å². The number of carbonyl (C=O) groups excluding carboxylic acids is 3. The molecule has 1 fully saturated rings. The van der Waals surface area contributed by atoms with Crippen molar-refractivity contribution in [1.82, 2.24) is 15.3 Å². The van der Waals surface area contributed by atoms with E-state index in [0.29, 0.717) is 0 Å². The van der Waals surface area contributed by atoms with Gasteiger partial charge in [-0.25, -0.2) is 10.2 Å². The second kappa shape index (κ2) is 8.06. The summed E-state index contributed by atoms with van der Waals surface area (Å²) in [5.74, 6) is -1.58. The molecular formula is C15H14N4O4S. The van der Waals surface area contributed by atoms with Gasteiger partial charge in [0.15, 0.2) is 5.17 Å².